The number of anilines is 1. The summed E-state index contributed by atoms with van der Waals surface area (Å²) in [7, 11) is 0. The first-order valence-corrected chi connectivity index (χ1v) is 8.27. The van der Waals surface area contributed by atoms with E-state index < -0.39 is 0 Å². The van der Waals surface area contributed by atoms with Crippen LogP contribution in [-0.2, 0) is 0 Å². The van der Waals surface area contributed by atoms with E-state index in [1.165, 1.54) is 32.2 Å². The van der Waals surface area contributed by atoms with Crippen LogP contribution in [0.2, 0.25) is 0 Å². The molecule has 0 spiro atoms. The molecular formula is C15H25N5O2. The molecule has 7 nitrogen and oxygen atoms in total. The number of hydrogen-bond acceptors (Lipinski definition) is 5. The third-order valence-corrected chi connectivity index (χ3v) is 4.37. The van der Waals surface area contributed by atoms with Crippen LogP contribution in [-0.4, -0.2) is 46.2 Å². The fraction of sp³-hybridized carbons (Fsp3) is 0.800. The van der Waals surface area contributed by atoms with E-state index in [0.29, 0.717) is 18.4 Å². The molecule has 2 amide bonds. The van der Waals surface area contributed by atoms with Gasteiger partial charge in [0.25, 0.3) is 0 Å². The van der Waals surface area contributed by atoms with Crippen molar-refractivity contribution in [3.8, 4) is 0 Å². The molecule has 1 saturated heterocycles. The highest BCUT2D eigenvalue weighted by Gasteiger charge is 2.35. The molecule has 2 aliphatic rings. The maximum absolute atomic E-state index is 12.0. The number of urea groups is 1. The van der Waals surface area contributed by atoms with Gasteiger partial charge in [-0.05, 0) is 32.2 Å². The van der Waals surface area contributed by atoms with Gasteiger partial charge in [-0.25, -0.2) is 4.79 Å². The molecule has 1 aliphatic heterocycles. The Balaban J connectivity index is 1.46. The van der Waals surface area contributed by atoms with Crippen LogP contribution in [0, 0.1) is 0 Å². The number of amides is 2. The third-order valence-electron chi connectivity index (χ3n) is 4.37. The lowest BCUT2D eigenvalue weighted by molar-refractivity contribution is 0.138. The van der Waals surface area contributed by atoms with Crippen molar-refractivity contribution in [3.63, 3.8) is 0 Å². The molecule has 1 unspecified atom stereocenters. The molecule has 1 atom stereocenters. The molecule has 22 heavy (non-hydrogen) atoms. The zero-order valence-corrected chi connectivity index (χ0v) is 13.3. The van der Waals surface area contributed by atoms with Crippen LogP contribution in [0.5, 0.6) is 0 Å². The molecule has 1 aromatic heterocycles. The highest BCUT2D eigenvalue weighted by atomic mass is 16.5. The van der Waals surface area contributed by atoms with E-state index in [2.05, 4.69) is 25.7 Å². The Labute approximate surface area is 130 Å². The molecule has 2 N–H and O–H groups in total. The van der Waals surface area contributed by atoms with Crippen molar-refractivity contribution in [1.29, 1.82) is 0 Å². The maximum Gasteiger partial charge on any atom is 0.329 e. The van der Waals surface area contributed by atoms with Gasteiger partial charge >= 0.3 is 12.0 Å². The Morgan fingerprint density at radius 2 is 2.18 bits per heavy atom. The van der Waals surface area contributed by atoms with E-state index in [1.807, 2.05) is 13.8 Å². The van der Waals surface area contributed by atoms with Gasteiger partial charge in [-0.2, -0.15) is 4.98 Å². The average Bonchev–Trinajstić information content (AvgIpc) is 3.24. The summed E-state index contributed by atoms with van der Waals surface area (Å²) in [6.07, 6.45) is 6.30. The first-order valence-electron chi connectivity index (χ1n) is 8.27. The Kier molecular flexibility index (Phi) is 4.61. The molecule has 0 aromatic carbocycles. The Morgan fingerprint density at radius 3 is 2.86 bits per heavy atom. The van der Waals surface area contributed by atoms with Crippen molar-refractivity contribution in [3.05, 3.63) is 5.82 Å². The van der Waals surface area contributed by atoms with Gasteiger partial charge in [0.2, 0.25) is 0 Å². The maximum atomic E-state index is 12.0. The van der Waals surface area contributed by atoms with Crippen molar-refractivity contribution < 1.29 is 9.32 Å². The molecule has 7 heteroatoms. The summed E-state index contributed by atoms with van der Waals surface area (Å²) >= 11 is 0. The van der Waals surface area contributed by atoms with Crippen LogP contribution in [0.3, 0.4) is 0 Å². The van der Waals surface area contributed by atoms with Crippen molar-refractivity contribution in [2.45, 2.75) is 64.0 Å². The average molecular weight is 307 g/mol. The molecule has 0 radical (unpaired) electrons. The number of nitrogens with zero attached hydrogens (tertiary/aromatic N) is 3. The van der Waals surface area contributed by atoms with Gasteiger partial charge in [-0.3, -0.25) is 10.2 Å². The molecule has 1 aromatic rings. The largest absolute Gasteiger partial charge is 0.336 e. The van der Waals surface area contributed by atoms with Gasteiger partial charge in [-0.15, -0.1) is 0 Å². The number of carbonyl (C=O) groups is 1. The van der Waals surface area contributed by atoms with Gasteiger partial charge < -0.3 is 9.84 Å². The summed E-state index contributed by atoms with van der Waals surface area (Å²) in [5.41, 5.74) is 0. The topological polar surface area (TPSA) is 83.3 Å². The van der Waals surface area contributed by atoms with Gasteiger partial charge in [0.1, 0.15) is 0 Å². The van der Waals surface area contributed by atoms with Gasteiger partial charge in [0.05, 0.1) is 0 Å². The second-order valence-corrected chi connectivity index (χ2v) is 6.57. The summed E-state index contributed by atoms with van der Waals surface area (Å²) in [6.45, 7) is 5.79. The molecular weight excluding hydrogens is 282 g/mol. The van der Waals surface area contributed by atoms with Crippen molar-refractivity contribution in [1.82, 2.24) is 20.4 Å². The van der Waals surface area contributed by atoms with Crippen molar-refractivity contribution in [2.75, 3.05) is 18.4 Å². The standard InChI is InChI=1S/C15H25N5O2/c1-10(2)13-17-15(22-19-13)18-14(21)16-9-12-5-3-4-8-20(12)11-6-7-11/h10-12H,3-9H2,1-2H3,(H2,16,17,18,19,21). The minimum atomic E-state index is -0.278. The van der Waals surface area contributed by atoms with Gasteiger partial charge in [-0.1, -0.05) is 25.4 Å². The first kappa shape index (κ1) is 15.3. The second-order valence-electron chi connectivity index (χ2n) is 6.57. The lowest BCUT2D eigenvalue weighted by Crippen LogP contribution is -2.48. The second kappa shape index (κ2) is 6.64. The number of hydrogen-bond donors (Lipinski definition) is 2. The number of piperidine rings is 1. The first-order chi connectivity index (χ1) is 10.6. The SMILES string of the molecule is CC(C)c1noc(NC(=O)NCC2CCCCN2C2CC2)n1. The van der Waals surface area contributed by atoms with E-state index >= 15 is 0 Å². The predicted molar refractivity (Wildman–Crippen MR) is 82.8 cm³/mol. The van der Waals surface area contributed by atoms with Crippen molar-refractivity contribution >= 4 is 12.0 Å². The van der Waals surface area contributed by atoms with Gasteiger partial charge in [0.15, 0.2) is 5.82 Å². The molecule has 1 aliphatic carbocycles. The molecule has 0 bridgehead atoms. The lowest BCUT2D eigenvalue weighted by atomic mass is 10.0. The molecule has 1 saturated carbocycles. The van der Waals surface area contributed by atoms with E-state index in [-0.39, 0.29) is 18.0 Å². The van der Waals surface area contributed by atoms with E-state index in [9.17, 15) is 4.79 Å². The smallest absolute Gasteiger partial charge is 0.329 e. The van der Waals surface area contributed by atoms with Gasteiger partial charge in [0, 0.05) is 24.5 Å². The summed E-state index contributed by atoms with van der Waals surface area (Å²) in [5.74, 6) is 0.777. The van der Waals surface area contributed by atoms with Crippen LogP contribution in [0.4, 0.5) is 10.8 Å². The molecule has 3 rings (SSSR count). The van der Waals surface area contributed by atoms with Crippen LogP contribution >= 0.6 is 0 Å². The number of nitrogens with one attached hydrogen (secondary N) is 2. The van der Waals surface area contributed by atoms with E-state index in [1.54, 1.807) is 0 Å². The number of aromatic nitrogens is 2. The summed E-state index contributed by atoms with van der Waals surface area (Å²) in [5, 5.41) is 9.37. The Bertz CT molecular complexity index is 512. The summed E-state index contributed by atoms with van der Waals surface area (Å²) in [6, 6.07) is 1.09. The zero-order valence-electron chi connectivity index (χ0n) is 13.3. The monoisotopic (exact) mass is 307 g/mol. The number of likely N-dealkylation sites (tertiary alicyclic amines) is 1. The Morgan fingerprint density at radius 1 is 1.36 bits per heavy atom. The summed E-state index contributed by atoms with van der Waals surface area (Å²) < 4.78 is 5.01. The van der Waals surface area contributed by atoms with Crippen LogP contribution < -0.4 is 10.6 Å². The van der Waals surface area contributed by atoms with Crippen LogP contribution in [0.25, 0.3) is 0 Å². The predicted octanol–water partition coefficient (Wildman–Crippen LogP) is 2.33. The molecule has 122 valence electrons. The fourth-order valence-corrected chi connectivity index (χ4v) is 3.00. The minimum absolute atomic E-state index is 0.156. The zero-order chi connectivity index (χ0) is 15.5. The van der Waals surface area contributed by atoms with Crippen LogP contribution in [0.1, 0.15) is 57.7 Å². The highest BCUT2D eigenvalue weighted by Crippen LogP contribution is 2.32. The fourth-order valence-electron chi connectivity index (χ4n) is 3.00. The van der Waals surface area contributed by atoms with E-state index in [0.717, 1.165) is 12.5 Å². The molecule has 2 fully saturated rings. The Hall–Kier alpha value is -1.63. The van der Waals surface area contributed by atoms with Crippen molar-refractivity contribution in [2.24, 2.45) is 0 Å². The quantitative estimate of drug-likeness (QED) is 0.872. The highest BCUT2D eigenvalue weighted by molar-refractivity contribution is 5.86. The third kappa shape index (κ3) is 3.76. The number of rotatable bonds is 5. The van der Waals surface area contributed by atoms with Crippen LogP contribution in [0.15, 0.2) is 4.52 Å². The normalized spacial score (nSPS) is 22.8. The van der Waals surface area contributed by atoms with E-state index in [4.69, 9.17) is 4.52 Å². The minimum Gasteiger partial charge on any atom is -0.336 e. The lowest BCUT2D eigenvalue weighted by Gasteiger charge is -2.35. The summed E-state index contributed by atoms with van der Waals surface area (Å²) in [4.78, 5) is 18.7. The molecule has 2 heterocycles. The number of carbonyl (C=O) groups excluding carboxylic acids is 1.